The monoisotopic (exact) mass is 283 g/mol. The molecule has 1 unspecified atom stereocenters. The predicted octanol–water partition coefficient (Wildman–Crippen LogP) is 1.45. The molecule has 0 aliphatic rings. The third-order valence-corrected chi connectivity index (χ3v) is 2.82. The van der Waals surface area contributed by atoms with Gasteiger partial charge in [-0.25, -0.2) is 0 Å². The van der Waals surface area contributed by atoms with Crippen molar-refractivity contribution in [1.82, 2.24) is 5.32 Å². The Hall–Kier alpha value is -1.30. The molecule has 0 radical (unpaired) electrons. The van der Waals surface area contributed by atoms with Gasteiger partial charge in [0.05, 0.1) is 13.7 Å². The van der Waals surface area contributed by atoms with Gasteiger partial charge in [-0.05, 0) is 26.0 Å². The van der Waals surface area contributed by atoms with E-state index in [1.807, 2.05) is 38.1 Å². The maximum absolute atomic E-state index is 9.94. The SMILES string of the molecule is COCC(C)(C)NCC(O)COc1ccccc1OC. The highest BCUT2D eigenvalue weighted by molar-refractivity contribution is 5.39. The van der Waals surface area contributed by atoms with Gasteiger partial charge in [-0.3, -0.25) is 0 Å². The van der Waals surface area contributed by atoms with Gasteiger partial charge in [0.1, 0.15) is 12.7 Å². The second kappa shape index (κ2) is 8.09. The van der Waals surface area contributed by atoms with Gasteiger partial charge < -0.3 is 24.6 Å². The number of aliphatic hydroxyl groups excluding tert-OH is 1. The fourth-order valence-electron chi connectivity index (χ4n) is 1.79. The number of aliphatic hydroxyl groups is 1. The third-order valence-electron chi connectivity index (χ3n) is 2.82. The molecule has 0 aromatic heterocycles. The molecular formula is C15H25NO4. The number of ether oxygens (including phenoxy) is 3. The minimum Gasteiger partial charge on any atom is -0.493 e. The number of rotatable bonds is 9. The van der Waals surface area contributed by atoms with Crippen molar-refractivity contribution in [3.63, 3.8) is 0 Å². The van der Waals surface area contributed by atoms with Crippen LogP contribution in [0.1, 0.15) is 13.8 Å². The van der Waals surface area contributed by atoms with Crippen LogP contribution < -0.4 is 14.8 Å². The van der Waals surface area contributed by atoms with Crippen molar-refractivity contribution in [3.05, 3.63) is 24.3 Å². The van der Waals surface area contributed by atoms with Crippen LogP contribution in [-0.2, 0) is 4.74 Å². The molecule has 0 saturated heterocycles. The van der Waals surface area contributed by atoms with E-state index in [4.69, 9.17) is 14.2 Å². The molecule has 0 fully saturated rings. The molecule has 20 heavy (non-hydrogen) atoms. The zero-order valence-electron chi connectivity index (χ0n) is 12.7. The molecule has 114 valence electrons. The van der Waals surface area contributed by atoms with Gasteiger partial charge in [-0.1, -0.05) is 12.1 Å². The van der Waals surface area contributed by atoms with E-state index in [-0.39, 0.29) is 12.1 Å². The van der Waals surface area contributed by atoms with E-state index in [9.17, 15) is 5.11 Å². The summed E-state index contributed by atoms with van der Waals surface area (Å²) in [5.41, 5.74) is -0.180. The molecule has 0 heterocycles. The summed E-state index contributed by atoms with van der Waals surface area (Å²) in [5, 5.41) is 13.2. The summed E-state index contributed by atoms with van der Waals surface area (Å²) in [4.78, 5) is 0. The Balaban J connectivity index is 2.38. The molecule has 1 aromatic rings. The van der Waals surface area contributed by atoms with E-state index in [1.165, 1.54) is 0 Å². The van der Waals surface area contributed by atoms with E-state index < -0.39 is 6.10 Å². The van der Waals surface area contributed by atoms with Crippen LogP contribution in [0.5, 0.6) is 11.5 Å². The van der Waals surface area contributed by atoms with Crippen molar-refractivity contribution in [1.29, 1.82) is 0 Å². The molecule has 0 aliphatic heterocycles. The van der Waals surface area contributed by atoms with Gasteiger partial charge in [0, 0.05) is 19.2 Å². The first kappa shape index (κ1) is 16.8. The average Bonchev–Trinajstić information content (AvgIpc) is 2.43. The fourth-order valence-corrected chi connectivity index (χ4v) is 1.79. The van der Waals surface area contributed by atoms with E-state index in [1.54, 1.807) is 14.2 Å². The number of benzene rings is 1. The molecule has 0 aliphatic carbocycles. The number of methoxy groups -OCH3 is 2. The Bertz CT molecular complexity index is 395. The van der Waals surface area contributed by atoms with Crippen LogP contribution in [-0.4, -0.2) is 50.7 Å². The summed E-state index contributed by atoms with van der Waals surface area (Å²) >= 11 is 0. The van der Waals surface area contributed by atoms with Gasteiger partial charge in [0.25, 0.3) is 0 Å². The fraction of sp³-hybridized carbons (Fsp3) is 0.600. The second-order valence-electron chi connectivity index (χ2n) is 5.31. The van der Waals surface area contributed by atoms with Crippen molar-refractivity contribution < 1.29 is 19.3 Å². The van der Waals surface area contributed by atoms with Gasteiger partial charge in [-0.15, -0.1) is 0 Å². The lowest BCUT2D eigenvalue weighted by atomic mass is 10.1. The summed E-state index contributed by atoms with van der Waals surface area (Å²) < 4.78 is 15.9. The summed E-state index contributed by atoms with van der Waals surface area (Å²) in [6.07, 6.45) is -0.601. The molecular weight excluding hydrogens is 258 g/mol. The Kier molecular flexibility index (Phi) is 6.78. The Morgan fingerprint density at radius 1 is 1.20 bits per heavy atom. The zero-order valence-corrected chi connectivity index (χ0v) is 12.7. The van der Waals surface area contributed by atoms with Crippen LogP contribution in [0.25, 0.3) is 0 Å². The third kappa shape index (κ3) is 5.77. The highest BCUT2D eigenvalue weighted by Crippen LogP contribution is 2.25. The first-order chi connectivity index (χ1) is 9.48. The topological polar surface area (TPSA) is 60.0 Å². The highest BCUT2D eigenvalue weighted by atomic mass is 16.5. The van der Waals surface area contributed by atoms with Crippen molar-refractivity contribution in [2.75, 3.05) is 34.0 Å². The number of nitrogens with one attached hydrogen (secondary N) is 1. The van der Waals surface area contributed by atoms with Gasteiger partial charge in [0.2, 0.25) is 0 Å². The smallest absolute Gasteiger partial charge is 0.161 e. The molecule has 1 atom stereocenters. The van der Waals surface area contributed by atoms with Crippen LogP contribution in [0.15, 0.2) is 24.3 Å². The molecule has 0 spiro atoms. The molecule has 2 N–H and O–H groups in total. The van der Waals surface area contributed by atoms with Gasteiger partial charge >= 0.3 is 0 Å². The molecule has 0 amide bonds. The van der Waals surface area contributed by atoms with Crippen molar-refractivity contribution >= 4 is 0 Å². The van der Waals surface area contributed by atoms with Gasteiger partial charge in [0.15, 0.2) is 11.5 Å². The van der Waals surface area contributed by atoms with Crippen molar-refractivity contribution in [2.45, 2.75) is 25.5 Å². The highest BCUT2D eigenvalue weighted by Gasteiger charge is 2.18. The Morgan fingerprint density at radius 3 is 2.45 bits per heavy atom. The van der Waals surface area contributed by atoms with Crippen LogP contribution in [0.2, 0.25) is 0 Å². The first-order valence-corrected chi connectivity index (χ1v) is 6.66. The number of hydrogen-bond donors (Lipinski definition) is 2. The van der Waals surface area contributed by atoms with Crippen LogP contribution in [0, 0.1) is 0 Å². The summed E-state index contributed by atoms with van der Waals surface area (Å²) in [6, 6.07) is 7.37. The molecule has 5 heteroatoms. The maximum Gasteiger partial charge on any atom is 0.161 e. The zero-order chi connectivity index (χ0) is 15.0. The van der Waals surface area contributed by atoms with E-state index in [0.29, 0.717) is 24.7 Å². The van der Waals surface area contributed by atoms with Gasteiger partial charge in [-0.2, -0.15) is 0 Å². The molecule has 0 saturated carbocycles. The lowest BCUT2D eigenvalue weighted by molar-refractivity contribution is 0.0804. The molecule has 1 aromatic carbocycles. The molecule has 0 bridgehead atoms. The largest absolute Gasteiger partial charge is 0.493 e. The van der Waals surface area contributed by atoms with Crippen LogP contribution in [0.4, 0.5) is 0 Å². The standard InChI is InChI=1S/C15H25NO4/c1-15(2,11-18-3)16-9-12(17)10-20-14-8-6-5-7-13(14)19-4/h5-8,12,16-17H,9-11H2,1-4H3. The average molecular weight is 283 g/mol. The maximum atomic E-state index is 9.94. The van der Waals surface area contributed by atoms with Crippen LogP contribution in [0.3, 0.4) is 0 Å². The van der Waals surface area contributed by atoms with E-state index in [0.717, 1.165) is 0 Å². The summed E-state index contributed by atoms with van der Waals surface area (Å²) in [5.74, 6) is 1.29. The minimum atomic E-state index is -0.601. The Morgan fingerprint density at radius 2 is 1.85 bits per heavy atom. The number of para-hydroxylation sites is 2. The van der Waals surface area contributed by atoms with E-state index >= 15 is 0 Å². The number of β-amino-alcohol motifs (C(OH)–C–C–N with tert-alkyl or cyclic N) is 1. The van der Waals surface area contributed by atoms with E-state index in [2.05, 4.69) is 5.32 Å². The number of hydrogen-bond acceptors (Lipinski definition) is 5. The molecule has 1 rings (SSSR count). The van der Waals surface area contributed by atoms with Crippen molar-refractivity contribution in [3.8, 4) is 11.5 Å². The summed E-state index contributed by atoms with van der Waals surface area (Å²) in [7, 11) is 3.25. The Labute approximate surface area is 120 Å². The lowest BCUT2D eigenvalue weighted by Crippen LogP contribution is -2.47. The quantitative estimate of drug-likeness (QED) is 0.718. The predicted molar refractivity (Wildman–Crippen MR) is 78.5 cm³/mol. The second-order valence-corrected chi connectivity index (χ2v) is 5.31. The lowest BCUT2D eigenvalue weighted by Gasteiger charge is -2.26. The minimum absolute atomic E-state index is 0.180. The normalized spacial score (nSPS) is 13.1. The first-order valence-electron chi connectivity index (χ1n) is 6.66. The summed E-state index contributed by atoms with van der Waals surface area (Å²) in [6.45, 7) is 5.25. The molecule has 5 nitrogen and oxygen atoms in total. The van der Waals surface area contributed by atoms with Crippen LogP contribution >= 0.6 is 0 Å². The van der Waals surface area contributed by atoms with Crippen molar-refractivity contribution in [2.24, 2.45) is 0 Å².